The van der Waals surface area contributed by atoms with E-state index in [9.17, 15) is 75.8 Å². The summed E-state index contributed by atoms with van der Waals surface area (Å²) in [4.78, 5) is 194. The van der Waals surface area contributed by atoms with Crippen LogP contribution >= 0.6 is 0 Å². The third-order valence-corrected chi connectivity index (χ3v) is 20.8. The number of halogens is 3. The summed E-state index contributed by atoms with van der Waals surface area (Å²) in [6.07, 6.45) is 1.11. The molecule has 5 fully saturated rings. The molecule has 9 atom stereocenters. The van der Waals surface area contributed by atoms with E-state index in [1.807, 2.05) is 20.8 Å². The van der Waals surface area contributed by atoms with E-state index in [4.69, 9.17) is 4.74 Å². The molecule has 0 aromatic heterocycles. The zero-order chi connectivity index (χ0) is 74.1. The van der Waals surface area contributed by atoms with Crippen molar-refractivity contribution in [1.29, 1.82) is 0 Å². The molecule has 3 saturated heterocycles. The normalized spacial score (nSPS) is 19.7. The number of likely N-dealkylation sites (tertiary alicyclic amines) is 2. The van der Waals surface area contributed by atoms with Gasteiger partial charge >= 0.3 is 12.1 Å². The molecule has 6 rings (SSSR count). The maximum atomic E-state index is 15.1. The molecule has 1 aromatic rings. The van der Waals surface area contributed by atoms with Gasteiger partial charge in [0, 0.05) is 87.2 Å². The summed E-state index contributed by atoms with van der Waals surface area (Å²) in [5, 5.41) is 20.6. The Balaban J connectivity index is 1.19. The molecule has 3 heterocycles. The predicted molar refractivity (Wildman–Crippen MR) is 360 cm³/mol. The van der Waals surface area contributed by atoms with Gasteiger partial charge in [0.05, 0.1) is 31.7 Å². The maximum absolute atomic E-state index is 15.1. The third kappa shape index (κ3) is 20.6. The molecule has 5 aliphatic rings. The molecular formula is C70H107F3N12O15. The number of rotatable bonds is 33. The minimum atomic E-state index is -4.72. The number of carboxylic acid groups (broad SMARTS) is 1. The molecule has 0 radical (unpaired) electrons. The van der Waals surface area contributed by atoms with Crippen LogP contribution in [0, 0.1) is 17.8 Å². The summed E-state index contributed by atoms with van der Waals surface area (Å²) in [7, 11) is 7.04. The van der Waals surface area contributed by atoms with Crippen molar-refractivity contribution in [3.05, 3.63) is 35.4 Å². The van der Waals surface area contributed by atoms with Gasteiger partial charge < -0.3 is 70.3 Å². The number of ether oxygens (including phenoxy) is 1. The highest BCUT2D eigenvalue weighted by molar-refractivity contribution is 6.00. The molecule has 100 heavy (non-hydrogen) atoms. The van der Waals surface area contributed by atoms with Crippen LogP contribution in [-0.2, 0) is 79.7 Å². The van der Waals surface area contributed by atoms with E-state index in [-0.39, 0.29) is 100 Å². The van der Waals surface area contributed by atoms with Crippen molar-refractivity contribution in [2.24, 2.45) is 17.8 Å². The summed E-state index contributed by atoms with van der Waals surface area (Å²) in [6, 6.07) is -6.16. The Morgan fingerprint density at radius 1 is 0.700 bits per heavy atom. The van der Waals surface area contributed by atoms with Crippen LogP contribution < -0.4 is 21.3 Å². The van der Waals surface area contributed by atoms with E-state index >= 15 is 4.79 Å². The van der Waals surface area contributed by atoms with Crippen LogP contribution in [0.25, 0.3) is 0 Å². The highest BCUT2D eigenvalue weighted by Crippen LogP contribution is 2.34. The number of aliphatic carboxylic acids is 1. The summed E-state index contributed by atoms with van der Waals surface area (Å²) in [6.45, 7) is 10.8. The molecule has 27 nitrogen and oxygen atoms in total. The van der Waals surface area contributed by atoms with E-state index in [2.05, 4.69) is 21.3 Å². The maximum Gasteiger partial charge on any atom is 0.416 e. The molecule has 0 unspecified atom stereocenters. The van der Waals surface area contributed by atoms with Crippen molar-refractivity contribution >= 4 is 76.9 Å². The fourth-order valence-corrected chi connectivity index (χ4v) is 14.2. The highest BCUT2D eigenvalue weighted by atomic mass is 19.4. The van der Waals surface area contributed by atoms with Crippen molar-refractivity contribution < 1.29 is 85.3 Å². The number of carbonyl (C=O) groups excluding carboxylic acids is 12. The Morgan fingerprint density at radius 2 is 1.32 bits per heavy atom. The van der Waals surface area contributed by atoms with Gasteiger partial charge in [-0.3, -0.25) is 62.3 Å². The molecule has 0 bridgehead atoms. The fraction of sp³-hybridized carbons (Fsp3) is 0.729. The van der Waals surface area contributed by atoms with Crippen LogP contribution in [-0.4, -0.2) is 263 Å². The van der Waals surface area contributed by atoms with Crippen LogP contribution in [0.3, 0.4) is 0 Å². The van der Waals surface area contributed by atoms with Crippen LogP contribution in [0.5, 0.6) is 0 Å². The number of hydrogen-bond acceptors (Lipinski definition) is 14. The second kappa shape index (κ2) is 36.6. The molecule has 3 aliphatic heterocycles. The number of carbonyl (C=O) groups is 13. The Kier molecular flexibility index (Phi) is 29.7. The average Bonchev–Trinajstić information content (AvgIpc) is 0.906. The van der Waals surface area contributed by atoms with Gasteiger partial charge in [0.15, 0.2) is 0 Å². The Bertz CT molecular complexity index is 3080. The van der Waals surface area contributed by atoms with Gasteiger partial charge in [-0.15, -0.1) is 0 Å². The van der Waals surface area contributed by atoms with Gasteiger partial charge in [-0.2, -0.15) is 13.2 Å². The smallest absolute Gasteiger partial charge is 0.416 e. The number of alkyl halides is 3. The van der Waals surface area contributed by atoms with Crippen molar-refractivity contribution in [2.75, 3.05) is 87.7 Å². The lowest BCUT2D eigenvalue weighted by Gasteiger charge is -2.46. The largest absolute Gasteiger partial charge is 0.481 e. The highest BCUT2D eigenvalue weighted by Gasteiger charge is 2.49. The van der Waals surface area contributed by atoms with Crippen molar-refractivity contribution in [3.8, 4) is 0 Å². The Labute approximate surface area is 585 Å². The fourth-order valence-electron chi connectivity index (χ4n) is 14.2. The van der Waals surface area contributed by atoms with Crippen molar-refractivity contribution in [3.63, 3.8) is 0 Å². The van der Waals surface area contributed by atoms with Crippen LogP contribution in [0.4, 0.5) is 13.2 Å². The number of likely N-dealkylation sites (N-methyl/N-ethyl adjacent to an activating group) is 5. The molecule has 1 aromatic carbocycles. The van der Waals surface area contributed by atoms with Gasteiger partial charge in [-0.05, 0) is 107 Å². The number of carboxylic acids is 1. The number of hydrogen-bond donors (Lipinski definition) is 5. The van der Waals surface area contributed by atoms with E-state index in [1.165, 1.54) is 66.7 Å². The van der Waals surface area contributed by atoms with E-state index < -0.39 is 162 Å². The first-order valence-electron chi connectivity index (χ1n) is 35.5. The van der Waals surface area contributed by atoms with E-state index in [0.29, 0.717) is 51.7 Å². The number of morpholine rings is 1. The standard InChI is InChI=1S/C70H107F3N12O15/c1-12-31-83(54(39-47-22-24-48(25-23-47)70(71,72)73)64(95)78(8)42-55(86)75-49(26-27-58(89)90)63(94)84-32-18-21-50(84)61(92)77-69(68(99)74-7)29-16-17-30-69)66(97)51-28-33-85(51)62(93)45(6)79(9)67(98)59(44(5)13-2)76-60(91)52(38-43(3)4)80(10)57(88)41-53(65(96)82-34-36-100-37-35-82)81(11)56(87)40-46-19-14-15-20-46/h22-25,43-46,49-54,59H,12-21,26-42H2,1-11H3,(H,74,99)(H,75,86)(H,76,91)(H,77,92)(H,89,90)/t44-,45-,49-,50-,51-,52-,53-,54-,59-/m0/s1. The summed E-state index contributed by atoms with van der Waals surface area (Å²) in [5.74, 6) is -9.32. The number of amides is 12. The van der Waals surface area contributed by atoms with Gasteiger partial charge in [-0.25, -0.2) is 0 Å². The van der Waals surface area contributed by atoms with Gasteiger partial charge in [0.2, 0.25) is 70.9 Å². The Morgan fingerprint density at radius 3 is 1.88 bits per heavy atom. The zero-order valence-electron chi connectivity index (χ0n) is 60.1. The first-order valence-corrected chi connectivity index (χ1v) is 35.5. The molecule has 30 heteroatoms. The monoisotopic (exact) mass is 1410 g/mol. The number of benzene rings is 1. The molecule has 12 amide bonds. The first kappa shape index (κ1) is 81.0. The minimum absolute atomic E-state index is 0.0344. The summed E-state index contributed by atoms with van der Waals surface area (Å²) >= 11 is 0. The van der Waals surface area contributed by atoms with Gasteiger partial charge in [-0.1, -0.05) is 78.9 Å². The summed E-state index contributed by atoms with van der Waals surface area (Å²) in [5.41, 5.74) is -1.97. The SMILES string of the molecule is CCCN(C(=O)[C@@H]1CCN1C(=O)[C@H](C)N(C)C(=O)[C@@H](NC(=O)[C@H](CC(C)C)N(C)C(=O)C[C@@H](C(=O)N1CCOCC1)N(C)C(=O)CC1CCCC1)[C@@H](C)CC)[C@@H](Cc1ccc(C(F)(F)F)cc1)C(=O)N(C)CC(=O)N[C@@H](CCC(=O)O)C(=O)N1CCC[C@H]1C(=O)NC1(C(=O)NC)CCCC1. The summed E-state index contributed by atoms with van der Waals surface area (Å²) < 4.78 is 47.0. The average molecular weight is 1410 g/mol. The molecule has 5 N–H and O–H groups in total. The van der Waals surface area contributed by atoms with Crippen molar-refractivity contribution in [2.45, 2.75) is 224 Å². The minimum Gasteiger partial charge on any atom is -0.481 e. The van der Waals surface area contributed by atoms with Crippen LogP contribution in [0.15, 0.2) is 24.3 Å². The lowest BCUT2D eigenvalue weighted by atomic mass is 9.94. The number of nitrogens with one attached hydrogen (secondary N) is 4. The molecule has 2 saturated carbocycles. The lowest BCUT2D eigenvalue weighted by molar-refractivity contribution is -0.161. The Hall–Kier alpha value is -7.92. The lowest BCUT2D eigenvalue weighted by Crippen LogP contribution is -2.65. The quantitative estimate of drug-likeness (QED) is 0.0674. The van der Waals surface area contributed by atoms with Crippen molar-refractivity contribution in [1.82, 2.24) is 60.5 Å². The first-order chi connectivity index (χ1) is 47.2. The second-order valence-corrected chi connectivity index (χ2v) is 28.2. The second-order valence-electron chi connectivity index (χ2n) is 28.2. The van der Waals surface area contributed by atoms with Crippen LogP contribution in [0.1, 0.15) is 168 Å². The molecular weight excluding hydrogens is 1310 g/mol. The topological polar surface area (TPSA) is 325 Å². The third-order valence-electron chi connectivity index (χ3n) is 20.8. The number of nitrogens with zero attached hydrogens (tertiary/aromatic N) is 8. The zero-order valence-corrected chi connectivity index (χ0v) is 60.1. The van der Waals surface area contributed by atoms with E-state index in [0.717, 1.165) is 59.7 Å². The van der Waals surface area contributed by atoms with Gasteiger partial charge in [0.25, 0.3) is 0 Å². The molecule has 558 valence electrons. The van der Waals surface area contributed by atoms with Crippen LogP contribution in [0.2, 0.25) is 0 Å². The molecule has 2 aliphatic carbocycles. The molecule has 0 spiro atoms. The predicted octanol–water partition coefficient (Wildman–Crippen LogP) is 3.34. The van der Waals surface area contributed by atoms with E-state index in [1.54, 1.807) is 18.7 Å². The van der Waals surface area contributed by atoms with Gasteiger partial charge in [0.1, 0.15) is 53.9 Å².